The van der Waals surface area contributed by atoms with E-state index < -0.39 is 0 Å². The summed E-state index contributed by atoms with van der Waals surface area (Å²) in [5.41, 5.74) is 3.81. The third kappa shape index (κ3) is 4.30. The van der Waals surface area contributed by atoms with Gasteiger partial charge < -0.3 is 5.32 Å². The summed E-state index contributed by atoms with van der Waals surface area (Å²) in [6, 6.07) is 17.5. The Morgan fingerprint density at radius 3 is 2.74 bits per heavy atom. The zero-order valence-electron chi connectivity index (χ0n) is 14.5. The minimum absolute atomic E-state index is 0.489. The summed E-state index contributed by atoms with van der Waals surface area (Å²) >= 11 is 6.04. The van der Waals surface area contributed by atoms with Crippen molar-refractivity contribution in [1.29, 1.82) is 0 Å². The van der Waals surface area contributed by atoms with E-state index >= 15 is 0 Å². The van der Waals surface area contributed by atoms with Crippen LogP contribution >= 0.6 is 11.6 Å². The lowest BCUT2D eigenvalue weighted by Gasteiger charge is -2.05. The molecule has 0 fully saturated rings. The number of halogens is 1. The van der Waals surface area contributed by atoms with E-state index in [0.717, 1.165) is 28.9 Å². The number of nitrogens with zero attached hydrogens (tertiary/aromatic N) is 5. The molecule has 0 spiro atoms. The van der Waals surface area contributed by atoms with E-state index in [1.807, 2.05) is 71.7 Å². The maximum Gasteiger partial charge on any atom is 0.243 e. The zero-order chi connectivity index (χ0) is 18.5. The molecule has 0 atom stereocenters. The van der Waals surface area contributed by atoms with Crippen LogP contribution in [0.15, 0.2) is 73.2 Å². The van der Waals surface area contributed by atoms with Crippen molar-refractivity contribution in [1.82, 2.24) is 25.0 Å². The average molecular weight is 377 g/mol. The molecule has 6 nitrogen and oxygen atoms in total. The van der Waals surface area contributed by atoms with Crippen molar-refractivity contribution < 1.29 is 0 Å². The highest BCUT2D eigenvalue weighted by molar-refractivity contribution is 6.30. The van der Waals surface area contributed by atoms with Crippen molar-refractivity contribution in [2.24, 2.45) is 0 Å². The molecule has 2 aromatic heterocycles. The second-order valence-corrected chi connectivity index (χ2v) is 6.42. The highest BCUT2D eigenvalue weighted by Gasteiger charge is 2.05. The summed E-state index contributed by atoms with van der Waals surface area (Å²) in [5, 5.41) is 16.4. The smallest absolute Gasteiger partial charge is 0.243 e. The molecular weight excluding hydrogens is 360 g/mol. The Kier molecular flexibility index (Phi) is 5.07. The Morgan fingerprint density at radius 2 is 1.89 bits per heavy atom. The summed E-state index contributed by atoms with van der Waals surface area (Å²) in [5.74, 6) is 0.489. The summed E-state index contributed by atoms with van der Waals surface area (Å²) in [6.07, 6.45) is 6.33. The van der Waals surface area contributed by atoms with Gasteiger partial charge >= 0.3 is 0 Å². The van der Waals surface area contributed by atoms with Crippen LogP contribution in [0.5, 0.6) is 0 Å². The molecule has 0 saturated heterocycles. The molecule has 1 N–H and O–H groups in total. The van der Waals surface area contributed by atoms with Crippen molar-refractivity contribution in [3.63, 3.8) is 0 Å². The van der Waals surface area contributed by atoms with E-state index in [9.17, 15) is 0 Å². The minimum atomic E-state index is 0.489. The Balaban J connectivity index is 1.38. The monoisotopic (exact) mass is 376 g/mol. The maximum absolute atomic E-state index is 6.04. The Morgan fingerprint density at radius 1 is 1.00 bits per heavy atom. The number of nitrogens with one attached hydrogen (secondary N) is 1. The van der Waals surface area contributed by atoms with E-state index in [2.05, 4.69) is 25.6 Å². The van der Waals surface area contributed by atoms with Gasteiger partial charge in [-0.25, -0.2) is 9.67 Å². The van der Waals surface area contributed by atoms with E-state index in [-0.39, 0.29) is 0 Å². The molecule has 0 aliphatic heterocycles. The van der Waals surface area contributed by atoms with Gasteiger partial charge in [-0.2, -0.15) is 10.2 Å². The van der Waals surface area contributed by atoms with E-state index in [0.29, 0.717) is 17.5 Å². The molecular formula is C20H17ClN6. The van der Waals surface area contributed by atoms with Gasteiger partial charge in [0.2, 0.25) is 5.95 Å². The summed E-state index contributed by atoms with van der Waals surface area (Å²) in [6.45, 7) is 0.682. The van der Waals surface area contributed by atoms with Gasteiger partial charge in [-0.15, -0.1) is 5.10 Å². The van der Waals surface area contributed by atoms with Crippen molar-refractivity contribution in [2.45, 2.75) is 6.42 Å². The fourth-order valence-corrected chi connectivity index (χ4v) is 2.89. The Hall–Kier alpha value is -3.25. The van der Waals surface area contributed by atoms with Crippen LogP contribution in [0.1, 0.15) is 5.56 Å². The SMILES string of the molecule is Clc1cccc(-c2cnnc(NCCc3cnn(-c4ccccc4)c3)n2)c1. The van der Waals surface area contributed by atoms with Crippen molar-refractivity contribution >= 4 is 17.5 Å². The predicted molar refractivity (Wildman–Crippen MR) is 106 cm³/mol. The molecule has 134 valence electrons. The first kappa shape index (κ1) is 17.2. The average Bonchev–Trinajstić information content (AvgIpc) is 3.18. The predicted octanol–water partition coefficient (Wildman–Crippen LogP) is 4.03. The lowest BCUT2D eigenvalue weighted by atomic mass is 10.2. The van der Waals surface area contributed by atoms with Crippen LogP contribution < -0.4 is 5.32 Å². The molecule has 0 bridgehead atoms. The lowest BCUT2D eigenvalue weighted by molar-refractivity contribution is 0.879. The van der Waals surface area contributed by atoms with Gasteiger partial charge in [0.05, 0.1) is 23.8 Å². The maximum atomic E-state index is 6.04. The topological polar surface area (TPSA) is 68.5 Å². The molecule has 0 aliphatic carbocycles. The molecule has 0 amide bonds. The number of hydrogen-bond donors (Lipinski definition) is 1. The molecule has 27 heavy (non-hydrogen) atoms. The Bertz CT molecular complexity index is 1030. The van der Waals surface area contributed by atoms with Crippen LogP contribution in [0.3, 0.4) is 0 Å². The molecule has 0 unspecified atom stereocenters. The van der Waals surface area contributed by atoms with Gasteiger partial charge in [-0.3, -0.25) is 0 Å². The van der Waals surface area contributed by atoms with Gasteiger partial charge in [-0.05, 0) is 36.2 Å². The van der Waals surface area contributed by atoms with Crippen LogP contribution in [0.25, 0.3) is 16.9 Å². The van der Waals surface area contributed by atoms with Crippen molar-refractivity contribution in [2.75, 3.05) is 11.9 Å². The highest BCUT2D eigenvalue weighted by Crippen LogP contribution is 2.20. The number of hydrogen-bond acceptors (Lipinski definition) is 5. The largest absolute Gasteiger partial charge is 0.353 e. The summed E-state index contributed by atoms with van der Waals surface area (Å²) < 4.78 is 1.87. The van der Waals surface area contributed by atoms with E-state index in [1.165, 1.54) is 0 Å². The van der Waals surface area contributed by atoms with Gasteiger partial charge in [-0.1, -0.05) is 41.9 Å². The number of anilines is 1. The third-order valence-corrected chi connectivity index (χ3v) is 4.27. The van der Waals surface area contributed by atoms with Crippen LogP contribution in [0.2, 0.25) is 5.02 Å². The number of benzene rings is 2. The molecule has 7 heteroatoms. The molecule has 0 saturated carbocycles. The van der Waals surface area contributed by atoms with Crippen molar-refractivity contribution in [3.05, 3.63) is 83.8 Å². The molecule has 2 heterocycles. The standard InChI is InChI=1S/C20H17ClN6/c21-17-6-4-5-16(11-17)19-13-23-26-20(25-19)22-10-9-15-12-24-27(14-15)18-7-2-1-3-8-18/h1-8,11-14H,9-10H2,(H,22,25,26). The minimum Gasteiger partial charge on any atom is -0.353 e. The number of para-hydroxylation sites is 1. The van der Waals surface area contributed by atoms with Crippen LogP contribution in [0.4, 0.5) is 5.95 Å². The number of aromatic nitrogens is 5. The first-order chi connectivity index (χ1) is 13.3. The lowest BCUT2D eigenvalue weighted by Crippen LogP contribution is -2.08. The number of rotatable bonds is 6. The quantitative estimate of drug-likeness (QED) is 0.550. The fourth-order valence-electron chi connectivity index (χ4n) is 2.70. The molecule has 2 aromatic carbocycles. The van der Waals surface area contributed by atoms with Crippen molar-refractivity contribution in [3.8, 4) is 16.9 Å². The highest BCUT2D eigenvalue weighted by atomic mass is 35.5. The molecule has 4 rings (SSSR count). The third-order valence-electron chi connectivity index (χ3n) is 4.03. The van der Waals surface area contributed by atoms with Gasteiger partial charge in [0.15, 0.2) is 0 Å². The molecule has 4 aromatic rings. The normalized spacial score (nSPS) is 10.7. The molecule has 0 aliphatic rings. The summed E-state index contributed by atoms with van der Waals surface area (Å²) in [7, 11) is 0. The van der Waals surface area contributed by atoms with Crippen LogP contribution in [-0.4, -0.2) is 31.5 Å². The zero-order valence-corrected chi connectivity index (χ0v) is 15.2. The second-order valence-electron chi connectivity index (χ2n) is 5.98. The molecule has 0 radical (unpaired) electrons. The van der Waals surface area contributed by atoms with Gasteiger partial charge in [0.25, 0.3) is 0 Å². The second kappa shape index (κ2) is 7.97. The van der Waals surface area contributed by atoms with Crippen LogP contribution in [-0.2, 0) is 6.42 Å². The van der Waals surface area contributed by atoms with E-state index in [4.69, 9.17) is 11.6 Å². The van der Waals surface area contributed by atoms with Gasteiger partial charge in [0, 0.05) is 23.3 Å². The fraction of sp³-hybridized carbons (Fsp3) is 0.100. The van der Waals surface area contributed by atoms with E-state index in [1.54, 1.807) is 6.20 Å². The van der Waals surface area contributed by atoms with Crippen LogP contribution in [0, 0.1) is 0 Å². The van der Waals surface area contributed by atoms with Gasteiger partial charge in [0.1, 0.15) is 0 Å². The first-order valence-electron chi connectivity index (χ1n) is 8.56. The first-order valence-corrected chi connectivity index (χ1v) is 8.94. The Labute approximate surface area is 161 Å². The summed E-state index contributed by atoms with van der Waals surface area (Å²) in [4.78, 5) is 4.50.